The molecule has 2 atom stereocenters. The van der Waals surface area contributed by atoms with E-state index in [4.69, 9.17) is 10.2 Å². The van der Waals surface area contributed by atoms with Crippen molar-refractivity contribution in [1.29, 1.82) is 0 Å². The minimum Gasteiger partial charge on any atom is -0.393 e. The van der Waals surface area contributed by atoms with Crippen LogP contribution in [0.3, 0.4) is 0 Å². The molecule has 2 heterocycles. The van der Waals surface area contributed by atoms with E-state index in [0.717, 1.165) is 45.8 Å². The van der Waals surface area contributed by atoms with E-state index in [1.807, 2.05) is 36.4 Å². The van der Waals surface area contributed by atoms with Gasteiger partial charge in [0.15, 0.2) is 5.82 Å². The fraction of sp³-hybridized carbons (Fsp3) is 0.378. The monoisotopic (exact) mass is 1100 g/mol. The molecule has 2 fully saturated rings. The predicted molar refractivity (Wildman–Crippen MR) is 212 cm³/mol. The van der Waals surface area contributed by atoms with Crippen molar-refractivity contribution in [3.05, 3.63) is 133 Å². The summed E-state index contributed by atoms with van der Waals surface area (Å²) in [5, 5.41) is 35.4. The summed E-state index contributed by atoms with van der Waals surface area (Å²) in [7, 11) is 0. The van der Waals surface area contributed by atoms with Crippen molar-refractivity contribution in [2.24, 2.45) is 0 Å². The molecule has 2 N–H and O–H groups in total. The first-order chi connectivity index (χ1) is 26.0. The van der Waals surface area contributed by atoms with Crippen LogP contribution >= 0.6 is 0 Å². The van der Waals surface area contributed by atoms with Gasteiger partial charge in [-0.3, -0.25) is 4.57 Å². The second kappa shape index (κ2) is 22.8. The molecule has 2 aliphatic rings. The SMILES string of the molecule is CC(O)CC(C)O.[Ir].[Ir].[c-]1ccccc1-c1nnc(C2CCCCC2)n1-c1ccccc1.c1ccc(-c2nnc(C3CCCCC3)n2-c2ccccc2)cc1. The van der Waals surface area contributed by atoms with Gasteiger partial charge in [-0.1, -0.05) is 105 Å². The molecule has 10 heteroatoms. The van der Waals surface area contributed by atoms with Gasteiger partial charge in [0.05, 0.1) is 18.0 Å². The van der Waals surface area contributed by atoms with E-state index >= 15 is 0 Å². The summed E-state index contributed by atoms with van der Waals surface area (Å²) in [4.78, 5) is 0. The Balaban J connectivity index is 0.000000203. The molecule has 2 aliphatic carbocycles. The van der Waals surface area contributed by atoms with Crippen LogP contribution < -0.4 is 0 Å². The van der Waals surface area contributed by atoms with E-state index in [1.54, 1.807) is 13.8 Å². The summed E-state index contributed by atoms with van der Waals surface area (Å²) in [6.45, 7) is 3.32. The van der Waals surface area contributed by atoms with E-state index in [1.165, 1.54) is 64.2 Å². The van der Waals surface area contributed by atoms with Crippen LogP contribution in [0.2, 0.25) is 0 Å². The molecule has 2 unspecified atom stereocenters. The fourth-order valence-electron chi connectivity index (χ4n) is 7.48. The van der Waals surface area contributed by atoms with Gasteiger partial charge >= 0.3 is 0 Å². The maximum Gasteiger partial charge on any atom is 0.168 e. The molecule has 8 nitrogen and oxygen atoms in total. The number of aliphatic hydroxyl groups excluding tert-OH is 2. The molecule has 0 spiro atoms. The van der Waals surface area contributed by atoms with Gasteiger partial charge < -0.3 is 14.8 Å². The van der Waals surface area contributed by atoms with Gasteiger partial charge in [0.25, 0.3) is 0 Å². The van der Waals surface area contributed by atoms with Crippen molar-refractivity contribution in [3.63, 3.8) is 0 Å². The van der Waals surface area contributed by atoms with Gasteiger partial charge in [-0.05, 0) is 70.2 Å². The molecule has 4 aromatic carbocycles. The Morgan fingerprint density at radius 3 is 1.38 bits per heavy atom. The Labute approximate surface area is 353 Å². The standard InChI is InChI=1S/C20H21N3.C20H20N3.C5H12O2.2Ir/c2*1-4-10-16(11-5-1)19-21-22-20(17-12-6-2-7-13-17)23(19)18-14-8-3-9-15-18;1-4(6)3-5(2)7;;/h1,3-5,8-11,14-15,17H,2,6-7,12-13H2;1,3-5,8-10,14-15,17H,2,6-7,12-13H2;4-7H,3H2,1-2H3;;/q;-1;;;. The number of aliphatic hydroxyl groups is 2. The van der Waals surface area contributed by atoms with Crippen LogP contribution in [0, 0.1) is 6.07 Å². The predicted octanol–water partition coefficient (Wildman–Crippen LogP) is 9.90. The van der Waals surface area contributed by atoms with Gasteiger partial charge in [-0.25, -0.2) is 0 Å². The number of para-hydroxylation sites is 2. The minimum atomic E-state index is -0.375. The van der Waals surface area contributed by atoms with Gasteiger partial charge in [-0.2, -0.15) is 5.10 Å². The van der Waals surface area contributed by atoms with Crippen molar-refractivity contribution >= 4 is 0 Å². The number of aromatic nitrogens is 6. The van der Waals surface area contributed by atoms with Crippen LogP contribution in [-0.2, 0) is 40.2 Å². The number of hydrogen-bond donors (Lipinski definition) is 2. The number of benzene rings is 4. The molecule has 6 aromatic rings. The van der Waals surface area contributed by atoms with Crippen LogP contribution in [0.1, 0.15) is 108 Å². The molecule has 0 bridgehead atoms. The van der Waals surface area contributed by atoms with Crippen molar-refractivity contribution in [1.82, 2.24) is 29.5 Å². The van der Waals surface area contributed by atoms with Crippen LogP contribution in [0.5, 0.6) is 0 Å². The Morgan fingerprint density at radius 1 is 0.545 bits per heavy atom. The molecule has 55 heavy (non-hydrogen) atoms. The smallest absolute Gasteiger partial charge is 0.168 e. The first kappa shape index (κ1) is 44.1. The second-order valence-electron chi connectivity index (χ2n) is 14.4. The van der Waals surface area contributed by atoms with Crippen molar-refractivity contribution < 1.29 is 50.4 Å². The summed E-state index contributed by atoms with van der Waals surface area (Å²) in [5.74, 6) is 5.08. The molecular weight excluding hydrogens is 1040 g/mol. The van der Waals surface area contributed by atoms with Crippen molar-refractivity contribution in [3.8, 4) is 34.2 Å². The molecule has 0 saturated heterocycles. The van der Waals surface area contributed by atoms with Crippen LogP contribution in [0.4, 0.5) is 0 Å². The summed E-state index contributed by atoms with van der Waals surface area (Å²) in [5.41, 5.74) is 4.39. The maximum atomic E-state index is 8.56. The van der Waals surface area contributed by atoms with E-state index in [9.17, 15) is 0 Å². The van der Waals surface area contributed by atoms with Crippen LogP contribution in [0.15, 0.2) is 115 Å². The third-order valence-corrected chi connectivity index (χ3v) is 10.0. The zero-order valence-corrected chi connectivity index (χ0v) is 36.6. The molecule has 8 rings (SSSR count). The van der Waals surface area contributed by atoms with Gasteiger partial charge in [0, 0.05) is 69.0 Å². The molecule has 294 valence electrons. The Hall–Kier alpha value is -3.62. The molecule has 0 aliphatic heterocycles. The second-order valence-corrected chi connectivity index (χ2v) is 14.4. The Bertz CT molecular complexity index is 1780. The normalized spacial score (nSPS) is 15.5. The van der Waals surface area contributed by atoms with Crippen molar-refractivity contribution in [2.75, 3.05) is 0 Å². The third-order valence-electron chi connectivity index (χ3n) is 10.0. The topological polar surface area (TPSA) is 102 Å². The van der Waals surface area contributed by atoms with Gasteiger partial charge in [0.2, 0.25) is 0 Å². The average molecular weight is 1090 g/mol. The van der Waals surface area contributed by atoms with E-state index in [0.29, 0.717) is 18.3 Å². The first-order valence-electron chi connectivity index (χ1n) is 19.4. The van der Waals surface area contributed by atoms with E-state index in [-0.39, 0.29) is 52.4 Å². The molecule has 2 aromatic heterocycles. The van der Waals surface area contributed by atoms with E-state index < -0.39 is 0 Å². The Morgan fingerprint density at radius 2 is 0.964 bits per heavy atom. The number of hydrogen-bond acceptors (Lipinski definition) is 6. The molecular formula is C45H53Ir2N6O2-. The number of nitrogens with zero attached hydrogens (tertiary/aromatic N) is 6. The largest absolute Gasteiger partial charge is 0.393 e. The summed E-state index contributed by atoms with van der Waals surface area (Å²) in [6.07, 6.45) is 12.5. The number of rotatable bonds is 8. The zero-order chi connectivity index (χ0) is 36.8. The summed E-state index contributed by atoms with van der Waals surface area (Å²) >= 11 is 0. The zero-order valence-electron chi connectivity index (χ0n) is 31.8. The molecule has 2 radical (unpaired) electrons. The quantitative estimate of drug-likeness (QED) is 0.147. The van der Waals surface area contributed by atoms with Gasteiger partial charge in [0.1, 0.15) is 11.6 Å². The van der Waals surface area contributed by atoms with Crippen LogP contribution in [0.25, 0.3) is 34.2 Å². The fourth-order valence-corrected chi connectivity index (χ4v) is 7.48. The Kier molecular flexibility index (Phi) is 18.3. The summed E-state index contributed by atoms with van der Waals surface area (Å²) < 4.78 is 4.48. The first-order valence-corrected chi connectivity index (χ1v) is 19.4. The molecule has 0 amide bonds. The van der Waals surface area contributed by atoms with Crippen molar-refractivity contribution in [2.45, 2.75) is 109 Å². The van der Waals surface area contributed by atoms with Gasteiger partial charge in [-0.15, -0.1) is 51.2 Å². The summed E-state index contributed by atoms with van der Waals surface area (Å²) in [6, 6.07) is 42.6. The third kappa shape index (κ3) is 12.2. The van der Waals surface area contributed by atoms with E-state index in [2.05, 4.69) is 114 Å². The van der Waals surface area contributed by atoms with Crippen LogP contribution in [-0.4, -0.2) is 51.9 Å². The molecule has 2 saturated carbocycles. The minimum absolute atomic E-state index is 0. The maximum absolute atomic E-state index is 8.56. The average Bonchev–Trinajstić information content (AvgIpc) is 3.86.